The molecule has 0 fully saturated rings. The molecule has 3 aromatic heterocycles. The van der Waals surface area contributed by atoms with Crippen LogP contribution >= 0.6 is 0 Å². The number of non-ortho nitro benzene ring substituents is 3. The van der Waals surface area contributed by atoms with Crippen LogP contribution in [0.25, 0.3) is 0 Å². The largest absolute Gasteiger partial charge is 0.496 e. The van der Waals surface area contributed by atoms with Gasteiger partial charge in [-0.1, -0.05) is 98.7 Å². The van der Waals surface area contributed by atoms with Gasteiger partial charge in [0.15, 0.2) is 0 Å². The first-order chi connectivity index (χ1) is 44.0. The van der Waals surface area contributed by atoms with Crippen LogP contribution < -0.4 is 28.4 Å². The summed E-state index contributed by atoms with van der Waals surface area (Å²) >= 11 is 0. The summed E-state index contributed by atoms with van der Waals surface area (Å²) in [5.41, 5.74) is 7.65. The molecule has 0 aliphatic heterocycles. The fourth-order valence-electron chi connectivity index (χ4n) is 12.3. The van der Waals surface area contributed by atoms with Gasteiger partial charge in [-0.3, -0.25) is 30.3 Å². The average Bonchev–Trinajstić information content (AvgIpc) is 1.18. The van der Waals surface area contributed by atoms with Crippen LogP contribution in [0.4, 0.5) is 17.1 Å². The zero-order valence-corrected chi connectivity index (χ0v) is 55.7. The van der Waals surface area contributed by atoms with Crippen LogP contribution in [0, 0.1) is 30.3 Å². The second kappa shape index (κ2) is 26.3. The van der Waals surface area contributed by atoms with Crippen molar-refractivity contribution in [2.75, 3.05) is 21.3 Å². The van der Waals surface area contributed by atoms with Gasteiger partial charge in [0.25, 0.3) is 17.1 Å². The Morgan fingerprint density at radius 3 is 0.699 bits per heavy atom. The maximum absolute atomic E-state index is 13.4. The molecule has 93 heavy (non-hydrogen) atoms. The highest BCUT2D eigenvalue weighted by molar-refractivity contribution is 5.63. The van der Waals surface area contributed by atoms with E-state index in [-0.39, 0.29) is 75.4 Å². The lowest BCUT2D eigenvalue weighted by Crippen LogP contribution is -2.16. The van der Waals surface area contributed by atoms with Crippen molar-refractivity contribution >= 4 is 17.1 Å². The van der Waals surface area contributed by atoms with E-state index in [1.165, 1.54) is 36.4 Å². The molecule has 0 saturated carbocycles. The second-order valence-corrected chi connectivity index (χ2v) is 27.1. The Hall–Kier alpha value is -10.1. The van der Waals surface area contributed by atoms with E-state index in [9.17, 15) is 30.3 Å². The van der Waals surface area contributed by atoms with E-state index < -0.39 is 31.0 Å². The molecule has 0 radical (unpaired) electrons. The summed E-state index contributed by atoms with van der Waals surface area (Å²) in [6, 6.07) is 21.5. The smallest absolute Gasteiger partial charge is 0.270 e. The summed E-state index contributed by atoms with van der Waals surface area (Å²) in [5, 5.41) is 40.1. The minimum Gasteiger partial charge on any atom is -0.496 e. The van der Waals surface area contributed by atoms with Crippen molar-refractivity contribution in [2.45, 2.75) is 137 Å². The molecule has 0 saturated heterocycles. The molecule has 6 aromatic carbocycles. The Morgan fingerprint density at radius 2 is 0.548 bits per heavy atom. The summed E-state index contributed by atoms with van der Waals surface area (Å²) in [4.78, 5) is 52.6. The third-order valence-electron chi connectivity index (χ3n) is 17.3. The van der Waals surface area contributed by atoms with Crippen LogP contribution in [0.3, 0.4) is 0 Å². The van der Waals surface area contributed by atoms with E-state index in [1.54, 1.807) is 39.9 Å². The number of aromatic nitrogens is 6. The zero-order valence-electron chi connectivity index (χ0n) is 55.7. The van der Waals surface area contributed by atoms with E-state index in [0.717, 1.165) is 16.7 Å². The number of benzene rings is 6. The molecule has 9 aromatic rings. The standard InChI is InChI=1S/C72H81N9O12/c1-70(2,3)55-28-43-22-49-34-58(79(82)83)36-51(64(49)88-13)24-45-30-56(71(4,5)6)32-47(68(45)92-41-62-74-17-20-77(62)11)26-53-38-60(81(86)87)39-54(66(53)90-15)27-48-33-57(72(7,8)9)31-46(69(48)93-42-63-75-18-21-78(63)12)25-52-37-59(80(84)85)35-50(65(52)89-14)23-44(29-55)67(43)91-40-61-73-16-19-76(61)10/h16-21,28-39H,22-27,40-42H2,1-15H3. The molecule has 1 aliphatic rings. The summed E-state index contributed by atoms with van der Waals surface area (Å²) in [6.45, 7) is 18.9. The van der Waals surface area contributed by atoms with Gasteiger partial charge < -0.3 is 42.1 Å². The number of hydrogen-bond acceptors (Lipinski definition) is 15. The third-order valence-corrected chi connectivity index (χ3v) is 17.3. The normalized spacial score (nSPS) is 12.8. The Balaban J connectivity index is 1.33. The van der Waals surface area contributed by atoms with E-state index >= 15 is 0 Å². The molecular weight excluding hydrogens is 1180 g/mol. The van der Waals surface area contributed by atoms with E-state index in [2.05, 4.69) is 114 Å². The highest BCUT2D eigenvalue weighted by Gasteiger charge is 2.31. The molecule has 3 heterocycles. The van der Waals surface area contributed by atoms with Gasteiger partial charge in [0.05, 0.1) is 36.1 Å². The van der Waals surface area contributed by atoms with E-state index in [4.69, 9.17) is 28.4 Å². The van der Waals surface area contributed by atoms with Crippen molar-refractivity contribution in [1.82, 2.24) is 28.7 Å². The van der Waals surface area contributed by atoms with Crippen LogP contribution in [0.1, 0.15) is 163 Å². The quantitative estimate of drug-likeness (QED) is 0.0685. The van der Waals surface area contributed by atoms with Crippen molar-refractivity contribution in [1.29, 1.82) is 0 Å². The van der Waals surface area contributed by atoms with E-state index in [0.29, 0.717) is 119 Å². The Morgan fingerprint density at radius 1 is 0.355 bits per heavy atom. The number of hydrogen-bond donors (Lipinski definition) is 0. The van der Waals surface area contributed by atoms with Crippen LogP contribution in [-0.4, -0.2) is 64.8 Å². The number of rotatable bonds is 15. The van der Waals surface area contributed by atoms with Crippen molar-refractivity contribution < 1.29 is 43.2 Å². The molecule has 486 valence electrons. The third kappa shape index (κ3) is 14.4. The molecule has 21 heteroatoms. The number of nitrogens with zero attached hydrogens (tertiary/aromatic N) is 9. The van der Waals surface area contributed by atoms with Crippen LogP contribution in [-0.2, 0) is 95.7 Å². The lowest BCUT2D eigenvalue weighted by atomic mass is 9.81. The predicted molar refractivity (Wildman–Crippen MR) is 354 cm³/mol. The summed E-state index contributed by atoms with van der Waals surface area (Å²) in [5.74, 6) is 4.38. The first-order valence-electron chi connectivity index (χ1n) is 30.8. The van der Waals surface area contributed by atoms with Crippen molar-refractivity contribution in [3.63, 3.8) is 0 Å². The number of imidazole rings is 3. The summed E-state index contributed by atoms with van der Waals surface area (Å²) in [6.07, 6.45) is 10.9. The van der Waals surface area contributed by atoms with Gasteiger partial charge >= 0.3 is 0 Å². The highest BCUT2D eigenvalue weighted by atomic mass is 16.6. The molecule has 1 aliphatic carbocycles. The molecule has 0 amide bonds. The zero-order chi connectivity index (χ0) is 67.0. The monoisotopic (exact) mass is 1260 g/mol. The fraction of sp³-hybridized carbons (Fsp3) is 0.375. The van der Waals surface area contributed by atoms with Gasteiger partial charge in [-0.2, -0.15) is 0 Å². The lowest BCUT2D eigenvalue weighted by molar-refractivity contribution is -0.385. The fourth-order valence-corrected chi connectivity index (χ4v) is 12.3. The molecule has 0 unspecified atom stereocenters. The topological polar surface area (TPSA) is 238 Å². The number of aryl methyl sites for hydroxylation is 3. The number of ether oxygens (including phenoxy) is 6. The van der Waals surface area contributed by atoms with Gasteiger partial charge in [0, 0.05) is 167 Å². The SMILES string of the molecule is COc1c2cc([N+](=O)[O-])cc1Cc1cc(C(C)(C)C)cc(c1OCc1nccn1C)Cc1cc([N+](=O)[O-])cc(c1OC)Cc1cc(C(C)(C)C)cc(c1OCc1nccn1C)Cc1cc([N+](=O)[O-])cc(c1OC)Cc1cc(C(C)(C)C)cc(c1OCc1nccn1C)C2. The minimum atomic E-state index is -0.475. The lowest BCUT2D eigenvalue weighted by Gasteiger charge is -2.27. The predicted octanol–water partition coefficient (Wildman–Crippen LogP) is 14.1. The first-order valence-corrected chi connectivity index (χ1v) is 30.8. The molecule has 0 N–H and O–H groups in total. The number of methoxy groups -OCH3 is 3. The summed E-state index contributed by atoms with van der Waals surface area (Å²) in [7, 11) is 10.2. The molecule has 0 spiro atoms. The maximum atomic E-state index is 13.4. The molecular formula is C72H81N9O12. The Kier molecular flexibility index (Phi) is 18.6. The van der Waals surface area contributed by atoms with Crippen molar-refractivity contribution in [3.05, 3.63) is 241 Å². The Bertz CT molecular complexity index is 3770. The average molecular weight is 1260 g/mol. The molecule has 21 nitrogen and oxygen atoms in total. The highest BCUT2D eigenvalue weighted by Crippen LogP contribution is 2.46. The van der Waals surface area contributed by atoms with Gasteiger partial charge in [0.2, 0.25) is 0 Å². The number of nitro groups is 3. The maximum Gasteiger partial charge on any atom is 0.270 e. The second-order valence-electron chi connectivity index (χ2n) is 27.1. The van der Waals surface area contributed by atoms with Gasteiger partial charge in [0.1, 0.15) is 71.8 Å². The number of fused-ring (bicyclic) bond motifs is 12. The molecule has 0 atom stereocenters. The van der Waals surface area contributed by atoms with Crippen LogP contribution in [0.15, 0.2) is 110 Å². The molecule has 12 bridgehead atoms. The van der Waals surface area contributed by atoms with Gasteiger partial charge in [-0.25, -0.2) is 15.0 Å². The molecule has 10 rings (SSSR count). The van der Waals surface area contributed by atoms with Crippen molar-refractivity contribution in [3.8, 4) is 34.5 Å². The van der Waals surface area contributed by atoms with Crippen molar-refractivity contribution in [2.24, 2.45) is 21.1 Å². The van der Waals surface area contributed by atoms with Gasteiger partial charge in [-0.05, 0) is 66.3 Å². The van der Waals surface area contributed by atoms with Crippen LogP contribution in [0.2, 0.25) is 0 Å². The van der Waals surface area contributed by atoms with Gasteiger partial charge in [-0.15, -0.1) is 0 Å². The number of nitro benzene ring substituents is 3. The Labute approximate surface area is 541 Å². The summed E-state index contributed by atoms with van der Waals surface area (Å²) < 4.78 is 45.9. The van der Waals surface area contributed by atoms with Crippen LogP contribution in [0.5, 0.6) is 34.5 Å². The first kappa shape index (κ1) is 65.9. The van der Waals surface area contributed by atoms with E-state index in [1.807, 2.05) is 53.4 Å². The minimum absolute atomic E-state index is 0.0246.